The van der Waals surface area contributed by atoms with E-state index in [0.717, 1.165) is 0 Å². The lowest BCUT2D eigenvalue weighted by Gasteiger charge is -2.11. The van der Waals surface area contributed by atoms with Gasteiger partial charge in [-0.3, -0.25) is 0 Å². The molecule has 0 spiro atoms. The maximum Gasteiger partial charge on any atom is 0.166 e. The lowest BCUT2D eigenvalue weighted by molar-refractivity contribution is 0.167. The van der Waals surface area contributed by atoms with Crippen LogP contribution in [0.4, 0.5) is 4.39 Å². The zero-order valence-electron chi connectivity index (χ0n) is 7.46. The smallest absolute Gasteiger partial charge is 0.166 e. The van der Waals surface area contributed by atoms with Crippen molar-refractivity contribution in [2.24, 2.45) is 0 Å². The van der Waals surface area contributed by atoms with Gasteiger partial charge in [-0.2, -0.15) is 0 Å². The zero-order chi connectivity index (χ0) is 10.1. The van der Waals surface area contributed by atoms with Gasteiger partial charge in [0.15, 0.2) is 11.6 Å². The van der Waals surface area contributed by atoms with E-state index in [1.54, 1.807) is 6.07 Å². The summed E-state index contributed by atoms with van der Waals surface area (Å²) in [6.45, 7) is 0.433. The summed E-state index contributed by atoms with van der Waals surface area (Å²) >= 11 is 5.69. The maximum atomic E-state index is 13.4. The highest BCUT2D eigenvalue weighted by atomic mass is 35.5. The van der Waals surface area contributed by atoms with Crippen molar-refractivity contribution in [3.8, 4) is 5.75 Å². The Morgan fingerprint density at radius 1 is 1.50 bits per heavy atom. The predicted molar refractivity (Wildman–Crippen MR) is 51.1 cm³/mol. The second-order valence-corrected chi connectivity index (χ2v) is 3.75. The summed E-state index contributed by atoms with van der Waals surface area (Å²) in [6, 6.07) is 2.74. The van der Waals surface area contributed by atoms with Gasteiger partial charge in [0.05, 0.1) is 12.7 Å². The minimum absolute atomic E-state index is 0.138. The van der Waals surface area contributed by atoms with Crippen LogP contribution >= 0.6 is 11.6 Å². The van der Waals surface area contributed by atoms with Crippen LogP contribution < -0.4 is 4.74 Å². The Morgan fingerprint density at radius 3 is 3.07 bits per heavy atom. The second kappa shape index (κ2) is 3.75. The van der Waals surface area contributed by atoms with Crippen molar-refractivity contribution in [1.82, 2.24) is 0 Å². The lowest BCUT2D eigenvalue weighted by Crippen LogP contribution is -1.99. The maximum absolute atomic E-state index is 13.4. The summed E-state index contributed by atoms with van der Waals surface area (Å²) in [6.07, 6.45) is 0.611. The SMILES string of the molecule is O[C@@H]1CCCOc2c(F)cc(Cl)cc21. The lowest BCUT2D eigenvalue weighted by atomic mass is 10.1. The van der Waals surface area contributed by atoms with Crippen molar-refractivity contribution < 1.29 is 14.2 Å². The average Bonchev–Trinajstić information content (AvgIpc) is 2.29. The number of aliphatic hydroxyl groups is 1. The van der Waals surface area contributed by atoms with Crippen LogP contribution in [0.3, 0.4) is 0 Å². The van der Waals surface area contributed by atoms with E-state index in [9.17, 15) is 9.50 Å². The van der Waals surface area contributed by atoms with Gasteiger partial charge >= 0.3 is 0 Å². The molecule has 1 aliphatic heterocycles. The van der Waals surface area contributed by atoms with Gasteiger partial charge < -0.3 is 9.84 Å². The minimum Gasteiger partial charge on any atom is -0.490 e. The van der Waals surface area contributed by atoms with Crippen molar-refractivity contribution in [3.63, 3.8) is 0 Å². The third-order valence-corrected chi connectivity index (χ3v) is 2.48. The fourth-order valence-corrected chi connectivity index (χ4v) is 1.80. The van der Waals surface area contributed by atoms with Crippen LogP contribution in [0.1, 0.15) is 24.5 Å². The van der Waals surface area contributed by atoms with Gasteiger partial charge in [0.1, 0.15) is 0 Å². The number of hydrogen-bond donors (Lipinski definition) is 1. The predicted octanol–water partition coefficient (Wildman–Crippen LogP) is 2.69. The summed E-state index contributed by atoms with van der Waals surface area (Å²) in [7, 11) is 0. The van der Waals surface area contributed by atoms with Crippen LogP contribution in [0.5, 0.6) is 5.75 Å². The quantitative estimate of drug-likeness (QED) is 0.723. The van der Waals surface area contributed by atoms with Gasteiger partial charge in [-0.05, 0) is 25.0 Å². The van der Waals surface area contributed by atoms with Crippen molar-refractivity contribution >= 4 is 11.6 Å². The third kappa shape index (κ3) is 1.70. The topological polar surface area (TPSA) is 29.5 Å². The summed E-state index contributed by atoms with van der Waals surface area (Å²) in [5.41, 5.74) is 0.451. The largest absolute Gasteiger partial charge is 0.490 e. The molecule has 0 radical (unpaired) electrons. The molecule has 1 aromatic rings. The van der Waals surface area contributed by atoms with Gasteiger partial charge in [-0.15, -0.1) is 0 Å². The van der Waals surface area contributed by atoms with E-state index in [4.69, 9.17) is 16.3 Å². The number of rotatable bonds is 0. The number of halogens is 2. The van der Waals surface area contributed by atoms with E-state index in [2.05, 4.69) is 0 Å². The van der Waals surface area contributed by atoms with E-state index in [-0.39, 0.29) is 10.8 Å². The Balaban J connectivity index is 2.53. The van der Waals surface area contributed by atoms with Crippen molar-refractivity contribution in [2.75, 3.05) is 6.61 Å². The summed E-state index contributed by atoms with van der Waals surface area (Å²) in [5.74, 6) is -0.368. The number of benzene rings is 1. The molecule has 0 saturated heterocycles. The fourth-order valence-electron chi connectivity index (χ4n) is 1.59. The Hall–Kier alpha value is -0.800. The molecule has 0 amide bonds. The fraction of sp³-hybridized carbons (Fsp3) is 0.400. The van der Waals surface area contributed by atoms with E-state index in [1.165, 1.54) is 6.07 Å². The summed E-state index contributed by atoms with van der Waals surface area (Å²) in [4.78, 5) is 0. The molecule has 0 fully saturated rings. The molecule has 1 atom stereocenters. The molecule has 2 nitrogen and oxygen atoms in total. The van der Waals surface area contributed by atoms with Gasteiger partial charge in [-0.25, -0.2) is 4.39 Å². The first-order valence-corrected chi connectivity index (χ1v) is 4.86. The molecular formula is C10H10ClFO2. The molecule has 0 aliphatic carbocycles. The molecule has 0 bridgehead atoms. The monoisotopic (exact) mass is 216 g/mol. The third-order valence-electron chi connectivity index (χ3n) is 2.26. The van der Waals surface area contributed by atoms with Gasteiger partial charge in [0, 0.05) is 10.6 Å². The highest BCUT2D eigenvalue weighted by Gasteiger charge is 2.21. The van der Waals surface area contributed by atoms with Crippen LogP contribution in [0.25, 0.3) is 0 Å². The molecule has 0 saturated carbocycles. The molecule has 2 rings (SSSR count). The highest BCUT2D eigenvalue weighted by molar-refractivity contribution is 6.30. The zero-order valence-corrected chi connectivity index (χ0v) is 8.22. The van der Waals surface area contributed by atoms with Crippen molar-refractivity contribution in [1.29, 1.82) is 0 Å². The van der Waals surface area contributed by atoms with E-state index in [0.29, 0.717) is 25.0 Å². The molecule has 14 heavy (non-hydrogen) atoms. The Kier molecular flexibility index (Phi) is 2.61. The molecule has 1 N–H and O–H groups in total. The summed E-state index contributed by atoms with van der Waals surface area (Å²) < 4.78 is 18.6. The van der Waals surface area contributed by atoms with Gasteiger partial charge in [0.25, 0.3) is 0 Å². The Labute approximate surface area is 86.3 Å². The first-order chi connectivity index (χ1) is 6.68. The van der Waals surface area contributed by atoms with Crippen LogP contribution in [-0.4, -0.2) is 11.7 Å². The Bertz CT molecular complexity index is 354. The number of ether oxygens (including phenoxy) is 1. The normalized spacial score (nSPS) is 20.9. The van der Waals surface area contributed by atoms with E-state index in [1.807, 2.05) is 0 Å². The van der Waals surface area contributed by atoms with Crippen LogP contribution in [0.15, 0.2) is 12.1 Å². The molecule has 0 unspecified atom stereocenters. The molecule has 4 heteroatoms. The van der Waals surface area contributed by atoms with E-state index >= 15 is 0 Å². The van der Waals surface area contributed by atoms with Gasteiger partial charge in [-0.1, -0.05) is 11.6 Å². The average molecular weight is 217 g/mol. The van der Waals surface area contributed by atoms with Crippen LogP contribution in [0, 0.1) is 5.82 Å². The van der Waals surface area contributed by atoms with Crippen LogP contribution in [0.2, 0.25) is 5.02 Å². The standard InChI is InChI=1S/C10H10ClFO2/c11-6-4-7-9(13)2-1-3-14-10(7)8(12)5-6/h4-5,9,13H,1-3H2/t9-/m1/s1. The molecule has 1 aromatic carbocycles. The number of fused-ring (bicyclic) bond motifs is 1. The molecular weight excluding hydrogens is 207 g/mol. The van der Waals surface area contributed by atoms with Crippen molar-refractivity contribution in [2.45, 2.75) is 18.9 Å². The molecule has 0 aromatic heterocycles. The second-order valence-electron chi connectivity index (χ2n) is 3.31. The summed E-state index contributed by atoms with van der Waals surface area (Å²) in [5, 5.41) is 9.97. The van der Waals surface area contributed by atoms with Crippen molar-refractivity contribution in [3.05, 3.63) is 28.5 Å². The molecule has 1 aliphatic rings. The Morgan fingerprint density at radius 2 is 2.29 bits per heavy atom. The van der Waals surface area contributed by atoms with Crippen LogP contribution in [-0.2, 0) is 0 Å². The first kappa shape index (κ1) is 9.74. The number of aliphatic hydroxyl groups excluding tert-OH is 1. The minimum atomic E-state index is -0.680. The highest BCUT2D eigenvalue weighted by Crippen LogP contribution is 2.35. The van der Waals surface area contributed by atoms with E-state index < -0.39 is 11.9 Å². The first-order valence-electron chi connectivity index (χ1n) is 4.48. The molecule has 1 heterocycles. The molecule has 76 valence electrons. The number of hydrogen-bond acceptors (Lipinski definition) is 2. The van der Waals surface area contributed by atoms with Gasteiger partial charge in [0.2, 0.25) is 0 Å².